The fraction of sp³-hybridized carbons (Fsp3) is 0.167. The third-order valence-electron chi connectivity index (χ3n) is 6.75. The van der Waals surface area contributed by atoms with Crippen molar-refractivity contribution in [2.45, 2.75) is 9.79 Å². The van der Waals surface area contributed by atoms with Crippen LogP contribution < -0.4 is 24.4 Å². The van der Waals surface area contributed by atoms with E-state index in [1.165, 1.54) is 55.6 Å². The number of benzene rings is 4. The molecule has 4 aromatic rings. The number of morpholine rings is 1. The third kappa shape index (κ3) is 6.93. The number of anilines is 4. The number of sulfonamides is 2. The molecule has 14 heteroatoms. The molecule has 0 saturated carbocycles. The quantitative estimate of drug-likeness (QED) is 0.230. The number of carbonyl (C=O) groups is 1. The number of para-hydroxylation sites is 3. The molecule has 1 heterocycles. The summed E-state index contributed by atoms with van der Waals surface area (Å²) in [6.45, 7) is 1.89. The molecule has 0 spiro atoms. The van der Waals surface area contributed by atoms with Gasteiger partial charge in [0.2, 0.25) is 0 Å². The van der Waals surface area contributed by atoms with Crippen LogP contribution in [-0.4, -0.2) is 56.2 Å². The van der Waals surface area contributed by atoms with Gasteiger partial charge in [0, 0.05) is 18.7 Å². The van der Waals surface area contributed by atoms with Gasteiger partial charge in [-0.05, 0) is 60.7 Å². The van der Waals surface area contributed by atoms with Gasteiger partial charge in [0.25, 0.3) is 26.0 Å². The fourth-order valence-corrected chi connectivity index (χ4v) is 6.75. The van der Waals surface area contributed by atoms with E-state index in [2.05, 4.69) is 14.8 Å². The number of amides is 1. The molecule has 0 aromatic heterocycles. The van der Waals surface area contributed by atoms with Gasteiger partial charge in [-0.25, -0.2) is 21.2 Å². The largest absolute Gasteiger partial charge is 0.495 e. The monoisotopic (exact) mass is 640 g/mol. The second-order valence-corrected chi connectivity index (χ2v) is 13.0. The lowest BCUT2D eigenvalue weighted by Crippen LogP contribution is -2.36. The number of halogens is 1. The summed E-state index contributed by atoms with van der Waals surface area (Å²) in [6.07, 6.45) is 0. The first-order valence-corrected chi connectivity index (χ1v) is 16.4. The van der Waals surface area contributed by atoms with Gasteiger partial charge in [-0.15, -0.1) is 0 Å². The predicted octanol–water partition coefficient (Wildman–Crippen LogP) is 4.52. The number of hydrogen-bond acceptors (Lipinski definition) is 8. The zero-order chi connectivity index (χ0) is 31.3. The Morgan fingerprint density at radius 3 is 2.11 bits per heavy atom. The number of rotatable bonds is 10. The van der Waals surface area contributed by atoms with Crippen LogP contribution in [0.3, 0.4) is 0 Å². The van der Waals surface area contributed by atoms with Crippen LogP contribution in [-0.2, 0) is 24.8 Å². The molecular weight excluding hydrogens is 611 g/mol. The molecule has 11 nitrogen and oxygen atoms in total. The summed E-state index contributed by atoms with van der Waals surface area (Å²) in [6, 6.07) is 21.4. The average molecular weight is 641 g/mol. The topological polar surface area (TPSA) is 143 Å². The molecule has 1 saturated heterocycles. The number of carbonyl (C=O) groups excluding carboxylic acids is 1. The maximum Gasteiger partial charge on any atom is 0.262 e. The first kappa shape index (κ1) is 30.8. The highest BCUT2D eigenvalue weighted by atomic mass is 32.2. The molecular formula is C30H29FN4O7S2. The van der Waals surface area contributed by atoms with Gasteiger partial charge in [-0.3, -0.25) is 14.2 Å². The molecule has 1 amide bonds. The van der Waals surface area contributed by atoms with E-state index >= 15 is 0 Å². The van der Waals surface area contributed by atoms with Crippen molar-refractivity contribution >= 4 is 48.7 Å². The highest BCUT2D eigenvalue weighted by Gasteiger charge is 2.23. The van der Waals surface area contributed by atoms with Gasteiger partial charge >= 0.3 is 0 Å². The normalized spacial score (nSPS) is 13.6. The van der Waals surface area contributed by atoms with E-state index in [0.717, 1.165) is 12.1 Å². The second kappa shape index (κ2) is 12.9. The Labute approximate surface area is 254 Å². The SMILES string of the molecule is COc1ccccc1NS(=O)(=O)c1ccc(N2CCOCC2)c(NC(=O)c2cccc(S(=O)(=O)Nc3ccccc3F)c2)c1. The molecule has 1 fully saturated rings. The van der Waals surface area contributed by atoms with Gasteiger partial charge in [0.05, 0.1) is 52.9 Å². The Balaban J connectivity index is 1.45. The lowest BCUT2D eigenvalue weighted by atomic mass is 10.2. The lowest BCUT2D eigenvalue weighted by molar-refractivity contribution is 0.102. The molecule has 0 bridgehead atoms. The van der Waals surface area contributed by atoms with Crippen molar-refractivity contribution < 1.29 is 35.5 Å². The summed E-state index contributed by atoms with van der Waals surface area (Å²) in [7, 11) is -6.94. The van der Waals surface area contributed by atoms with Crippen LogP contribution in [0, 0.1) is 5.82 Å². The number of ether oxygens (including phenoxy) is 2. The smallest absolute Gasteiger partial charge is 0.262 e. The Kier molecular flexibility index (Phi) is 9.04. The number of nitrogens with zero attached hydrogens (tertiary/aromatic N) is 1. The minimum Gasteiger partial charge on any atom is -0.495 e. The van der Waals surface area contributed by atoms with Gasteiger partial charge in [-0.2, -0.15) is 0 Å². The van der Waals surface area contributed by atoms with E-state index in [9.17, 15) is 26.0 Å². The molecule has 0 atom stereocenters. The maximum absolute atomic E-state index is 14.1. The maximum atomic E-state index is 14.1. The van der Waals surface area contributed by atoms with Crippen LogP contribution >= 0.6 is 0 Å². The highest BCUT2D eigenvalue weighted by Crippen LogP contribution is 2.32. The molecule has 4 aromatic carbocycles. The lowest BCUT2D eigenvalue weighted by Gasteiger charge is -2.30. The molecule has 230 valence electrons. The van der Waals surface area contributed by atoms with Gasteiger partial charge in [0.1, 0.15) is 11.6 Å². The first-order chi connectivity index (χ1) is 21.1. The number of hydrogen-bond donors (Lipinski definition) is 3. The van der Waals surface area contributed by atoms with Crippen LogP contribution in [0.4, 0.5) is 27.1 Å². The molecule has 44 heavy (non-hydrogen) atoms. The van der Waals surface area contributed by atoms with Crippen molar-refractivity contribution in [3.8, 4) is 5.75 Å². The minimum absolute atomic E-state index is 0.0188. The van der Waals surface area contributed by atoms with Crippen LogP contribution in [0.2, 0.25) is 0 Å². The highest BCUT2D eigenvalue weighted by molar-refractivity contribution is 7.93. The van der Waals surface area contributed by atoms with E-state index in [1.807, 2.05) is 4.90 Å². The summed E-state index contributed by atoms with van der Waals surface area (Å²) in [4.78, 5) is 15.0. The molecule has 3 N–H and O–H groups in total. The van der Waals surface area contributed by atoms with Gasteiger partial charge in [0.15, 0.2) is 0 Å². The van der Waals surface area contributed by atoms with E-state index in [4.69, 9.17) is 9.47 Å². The average Bonchev–Trinajstić information content (AvgIpc) is 3.02. The van der Waals surface area contributed by atoms with Crippen molar-refractivity contribution in [2.75, 3.05) is 53.1 Å². The zero-order valence-electron chi connectivity index (χ0n) is 23.5. The van der Waals surface area contributed by atoms with Crippen LogP contribution in [0.5, 0.6) is 5.75 Å². The third-order valence-corrected chi connectivity index (χ3v) is 9.48. The van der Waals surface area contributed by atoms with Crippen LogP contribution in [0.15, 0.2) is 101 Å². The predicted molar refractivity (Wildman–Crippen MR) is 165 cm³/mol. The fourth-order valence-electron chi connectivity index (χ4n) is 4.54. The van der Waals surface area contributed by atoms with Gasteiger partial charge in [-0.1, -0.05) is 30.3 Å². The van der Waals surface area contributed by atoms with E-state index < -0.39 is 31.8 Å². The first-order valence-electron chi connectivity index (χ1n) is 13.4. The Hall–Kier alpha value is -4.66. The summed E-state index contributed by atoms with van der Waals surface area (Å²) < 4.78 is 82.2. The van der Waals surface area contributed by atoms with Gasteiger partial charge < -0.3 is 19.7 Å². The van der Waals surface area contributed by atoms with Crippen LogP contribution in [0.25, 0.3) is 0 Å². The van der Waals surface area contributed by atoms with Crippen molar-refractivity contribution in [1.82, 2.24) is 0 Å². The van der Waals surface area contributed by atoms with E-state index in [0.29, 0.717) is 37.7 Å². The standard InChI is InChI=1S/C30H29FN4O7S2/c1-41-29-12-5-4-11-26(29)34-44(39,40)23-13-14-28(35-15-17-42-18-16-35)27(20-23)32-30(36)21-7-6-8-22(19-21)43(37,38)33-25-10-3-2-9-24(25)31/h2-14,19-20,33-34H,15-18H2,1H3,(H,32,36). The van der Waals surface area contributed by atoms with Crippen molar-refractivity contribution in [2.24, 2.45) is 0 Å². The molecule has 0 aliphatic carbocycles. The second-order valence-electron chi connectivity index (χ2n) is 9.65. The summed E-state index contributed by atoms with van der Waals surface area (Å²) >= 11 is 0. The van der Waals surface area contributed by atoms with E-state index in [-0.39, 0.29) is 32.4 Å². The zero-order valence-corrected chi connectivity index (χ0v) is 25.1. The molecule has 1 aliphatic rings. The van der Waals surface area contributed by atoms with Crippen molar-refractivity contribution in [3.63, 3.8) is 0 Å². The molecule has 0 unspecified atom stereocenters. The Bertz CT molecular complexity index is 1900. The Morgan fingerprint density at radius 1 is 0.773 bits per heavy atom. The Morgan fingerprint density at radius 2 is 1.41 bits per heavy atom. The van der Waals surface area contributed by atoms with Crippen LogP contribution in [0.1, 0.15) is 10.4 Å². The molecule has 5 rings (SSSR count). The van der Waals surface area contributed by atoms with E-state index in [1.54, 1.807) is 30.3 Å². The summed E-state index contributed by atoms with van der Waals surface area (Å²) in [5, 5.41) is 2.75. The number of nitrogens with one attached hydrogen (secondary N) is 3. The summed E-state index contributed by atoms with van der Waals surface area (Å²) in [5.41, 5.74) is 0.729. The summed E-state index contributed by atoms with van der Waals surface area (Å²) in [5.74, 6) is -1.11. The molecule has 0 radical (unpaired) electrons. The number of methoxy groups -OCH3 is 1. The minimum atomic E-state index is -4.24. The van der Waals surface area contributed by atoms with Crippen molar-refractivity contribution in [1.29, 1.82) is 0 Å². The van der Waals surface area contributed by atoms with Crippen molar-refractivity contribution in [3.05, 3.63) is 102 Å². The molecule has 1 aliphatic heterocycles.